The topological polar surface area (TPSA) is 37.4 Å². The molecule has 1 rings (SSSR count). The first-order valence-electron chi connectivity index (χ1n) is 6.57. The van der Waals surface area contributed by atoms with Gasteiger partial charge in [-0.15, -0.1) is 0 Å². The zero-order valence-corrected chi connectivity index (χ0v) is 11.3. The fraction of sp³-hybridized carbons (Fsp3) is 1.00. The number of sulfone groups is 1. The maximum absolute atomic E-state index is 11.7. The maximum atomic E-state index is 11.7. The minimum atomic E-state index is -2.79. The van der Waals surface area contributed by atoms with Crippen LogP contribution in [0.2, 0.25) is 0 Å². The van der Waals surface area contributed by atoms with E-state index in [-0.39, 0.29) is 0 Å². The first-order valence-corrected chi connectivity index (χ1v) is 8.39. The van der Waals surface area contributed by atoms with Crippen LogP contribution in [-0.2, 0) is 9.84 Å². The van der Waals surface area contributed by atoms with E-state index in [9.17, 15) is 8.42 Å². The van der Waals surface area contributed by atoms with Crippen LogP contribution in [0.15, 0.2) is 0 Å². The van der Waals surface area contributed by atoms with E-state index in [2.05, 4.69) is 11.8 Å². The Morgan fingerprint density at radius 1 is 1.00 bits per heavy atom. The lowest BCUT2D eigenvalue weighted by molar-refractivity contribution is 0.241. The van der Waals surface area contributed by atoms with Crippen LogP contribution in [0, 0.1) is 0 Å². The lowest BCUT2D eigenvalue weighted by Crippen LogP contribution is -2.34. The summed E-state index contributed by atoms with van der Waals surface area (Å²) in [6.45, 7) is 5.02. The Balaban J connectivity index is 2.18. The van der Waals surface area contributed by atoms with E-state index in [1.54, 1.807) is 0 Å². The molecule has 0 aromatic carbocycles. The molecule has 16 heavy (non-hydrogen) atoms. The summed E-state index contributed by atoms with van der Waals surface area (Å²) < 4.78 is 23.4. The molecule has 0 bridgehead atoms. The van der Waals surface area contributed by atoms with E-state index in [1.165, 1.54) is 19.3 Å². The Labute approximate surface area is 100 Å². The smallest absolute Gasteiger partial charge is 0.151 e. The van der Waals surface area contributed by atoms with Gasteiger partial charge in [0, 0.05) is 6.54 Å². The zero-order chi connectivity index (χ0) is 11.9. The van der Waals surface area contributed by atoms with Gasteiger partial charge in [0.1, 0.15) is 0 Å². The molecular formula is C12H25NO2S. The van der Waals surface area contributed by atoms with Crippen molar-refractivity contribution in [3.05, 3.63) is 0 Å². The van der Waals surface area contributed by atoms with Crippen LogP contribution < -0.4 is 0 Å². The van der Waals surface area contributed by atoms with Crippen LogP contribution in [0.4, 0.5) is 0 Å². The molecule has 96 valence electrons. The summed E-state index contributed by atoms with van der Waals surface area (Å²) in [6.07, 6.45) is 6.72. The monoisotopic (exact) mass is 247 g/mol. The van der Waals surface area contributed by atoms with Gasteiger partial charge >= 0.3 is 0 Å². The summed E-state index contributed by atoms with van der Waals surface area (Å²) in [5.41, 5.74) is 0. The van der Waals surface area contributed by atoms with Gasteiger partial charge in [-0.05, 0) is 32.4 Å². The van der Waals surface area contributed by atoms with Gasteiger partial charge in [0.2, 0.25) is 0 Å². The molecule has 0 amide bonds. The largest absolute Gasteiger partial charge is 0.302 e. The van der Waals surface area contributed by atoms with Gasteiger partial charge in [-0.25, -0.2) is 8.42 Å². The fourth-order valence-electron chi connectivity index (χ4n) is 2.13. The van der Waals surface area contributed by atoms with Gasteiger partial charge in [-0.3, -0.25) is 0 Å². The highest BCUT2D eigenvalue weighted by atomic mass is 32.2. The molecule has 0 aromatic rings. The van der Waals surface area contributed by atoms with Crippen molar-refractivity contribution in [2.24, 2.45) is 0 Å². The number of likely N-dealkylation sites (tertiary alicyclic amines) is 1. The Bertz CT molecular complexity index is 269. The van der Waals surface area contributed by atoms with E-state index < -0.39 is 9.84 Å². The van der Waals surface area contributed by atoms with Crippen molar-refractivity contribution in [2.45, 2.75) is 45.4 Å². The number of rotatable bonds is 7. The minimum absolute atomic E-state index is 0.358. The van der Waals surface area contributed by atoms with Gasteiger partial charge < -0.3 is 4.90 Å². The molecule has 0 atom stereocenters. The second-order valence-corrected chi connectivity index (χ2v) is 7.06. The predicted molar refractivity (Wildman–Crippen MR) is 68.5 cm³/mol. The molecule has 1 heterocycles. The van der Waals surface area contributed by atoms with E-state index >= 15 is 0 Å². The molecule has 1 aliphatic heterocycles. The first-order chi connectivity index (χ1) is 7.64. The van der Waals surface area contributed by atoms with Crippen molar-refractivity contribution in [1.29, 1.82) is 0 Å². The summed E-state index contributed by atoms with van der Waals surface area (Å²) in [5.74, 6) is 0.741. The van der Waals surface area contributed by atoms with Crippen molar-refractivity contribution < 1.29 is 8.42 Å². The lowest BCUT2D eigenvalue weighted by Gasteiger charge is -2.26. The molecule has 1 saturated heterocycles. The van der Waals surface area contributed by atoms with Gasteiger partial charge in [0.15, 0.2) is 9.84 Å². The summed E-state index contributed by atoms with van der Waals surface area (Å²) in [6, 6.07) is 0. The quantitative estimate of drug-likeness (QED) is 0.646. The van der Waals surface area contributed by atoms with Crippen LogP contribution in [0.3, 0.4) is 0 Å². The van der Waals surface area contributed by atoms with Crippen molar-refractivity contribution in [1.82, 2.24) is 4.90 Å². The third-order valence-electron chi connectivity index (χ3n) is 3.23. The Morgan fingerprint density at radius 3 is 2.31 bits per heavy atom. The van der Waals surface area contributed by atoms with Crippen LogP contribution >= 0.6 is 0 Å². The SMILES string of the molecule is CCCCCS(=O)(=O)CCN1CCCCC1. The normalized spacial score (nSPS) is 18.8. The van der Waals surface area contributed by atoms with Gasteiger partial charge in [0.25, 0.3) is 0 Å². The van der Waals surface area contributed by atoms with Crippen LogP contribution in [0.25, 0.3) is 0 Å². The summed E-state index contributed by atoms with van der Waals surface area (Å²) in [4.78, 5) is 2.29. The van der Waals surface area contributed by atoms with E-state index in [0.29, 0.717) is 11.5 Å². The molecule has 0 saturated carbocycles. The second-order valence-electron chi connectivity index (χ2n) is 4.76. The van der Waals surface area contributed by atoms with Gasteiger partial charge in [-0.1, -0.05) is 26.2 Å². The molecule has 4 heteroatoms. The summed E-state index contributed by atoms with van der Waals surface area (Å²) in [7, 11) is -2.79. The van der Waals surface area contributed by atoms with Crippen LogP contribution in [-0.4, -0.2) is 44.5 Å². The average Bonchev–Trinajstić information content (AvgIpc) is 2.28. The Kier molecular flexibility index (Phi) is 6.36. The number of nitrogens with zero attached hydrogens (tertiary/aromatic N) is 1. The van der Waals surface area contributed by atoms with Crippen molar-refractivity contribution >= 4 is 9.84 Å². The zero-order valence-electron chi connectivity index (χ0n) is 10.5. The van der Waals surface area contributed by atoms with Crippen molar-refractivity contribution in [3.8, 4) is 0 Å². The van der Waals surface area contributed by atoms with Gasteiger partial charge in [0.05, 0.1) is 11.5 Å². The highest BCUT2D eigenvalue weighted by Crippen LogP contribution is 2.09. The van der Waals surface area contributed by atoms with E-state index in [1.807, 2.05) is 0 Å². The molecule has 0 spiro atoms. The standard InChI is InChI=1S/C12H25NO2S/c1-2-3-7-11-16(14,15)12-10-13-8-5-4-6-9-13/h2-12H2,1H3. The molecule has 0 N–H and O–H groups in total. The lowest BCUT2D eigenvalue weighted by atomic mass is 10.1. The molecule has 3 nitrogen and oxygen atoms in total. The highest BCUT2D eigenvalue weighted by Gasteiger charge is 2.15. The van der Waals surface area contributed by atoms with Crippen LogP contribution in [0.5, 0.6) is 0 Å². The van der Waals surface area contributed by atoms with Crippen molar-refractivity contribution in [2.75, 3.05) is 31.1 Å². The third kappa shape index (κ3) is 5.85. The molecule has 0 unspecified atom stereocenters. The average molecular weight is 247 g/mol. The molecule has 0 aliphatic carbocycles. The maximum Gasteiger partial charge on any atom is 0.151 e. The Hall–Kier alpha value is -0.0900. The molecule has 0 radical (unpaired) electrons. The number of hydrogen-bond acceptors (Lipinski definition) is 3. The van der Waals surface area contributed by atoms with Gasteiger partial charge in [-0.2, -0.15) is 0 Å². The highest BCUT2D eigenvalue weighted by molar-refractivity contribution is 7.91. The third-order valence-corrected chi connectivity index (χ3v) is 4.94. The molecule has 0 aromatic heterocycles. The molecule has 1 fully saturated rings. The first kappa shape index (κ1) is 14.0. The summed E-state index contributed by atoms with van der Waals surface area (Å²) >= 11 is 0. The number of piperidine rings is 1. The number of hydrogen-bond donors (Lipinski definition) is 0. The fourth-order valence-corrected chi connectivity index (χ4v) is 3.51. The molecular weight excluding hydrogens is 222 g/mol. The predicted octanol–water partition coefficient (Wildman–Crippen LogP) is 2.08. The van der Waals surface area contributed by atoms with E-state index in [0.717, 1.165) is 38.9 Å². The minimum Gasteiger partial charge on any atom is -0.302 e. The van der Waals surface area contributed by atoms with Crippen LogP contribution in [0.1, 0.15) is 45.4 Å². The second kappa shape index (κ2) is 7.28. The Morgan fingerprint density at radius 2 is 1.69 bits per heavy atom. The summed E-state index contributed by atoms with van der Waals surface area (Å²) in [5, 5.41) is 0. The molecule has 1 aliphatic rings. The number of unbranched alkanes of at least 4 members (excludes halogenated alkanes) is 2. The van der Waals surface area contributed by atoms with Crippen molar-refractivity contribution in [3.63, 3.8) is 0 Å². The van der Waals surface area contributed by atoms with E-state index in [4.69, 9.17) is 0 Å².